The molecule has 0 aromatic heterocycles. The first-order valence-electron chi connectivity index (χ1n) is 9.84. The zero-order valence-electron chi connectivity index (χ0n) is 17.3. The predicted molar refractivity (Wildman–Crippen MR) is 114 cm³/mol. The highest BCUT2D eigenvalue weighted by atomic mass is 32.2. The molecule has 0 radical (unpaired) electrons. The van der Waals surface area contributed by atoms with Crippen LogP contribution in [0.2, 0.25) is 0 Å². The highest BCUT2D eigenvalue weighted by Gasteiger charge is 2.24. The van der Waals surface area contributed by atoms with Gasteiger partial charge in [0.25, 0.3) is 5.91 Å². The largest absolute Gasteiger partial charge is 0.336 e. The summed E-state index contributed by atoms with van der Waals surface area (Å²) in [5.41, 5.74) is 1.22. The van der Waals surface area contributed by atoms with E-state index in [-0.39, 0.29) is 10.8 Å². The van der Waals surface area contributed by atoms with Gasteiger partial charge in [-0.3, -0.25) is 9.69 Å². The lowest BCUT2D eigenvalue weighted by molar-refractivity contribution is 0.0628. The molecule has 1 heterocycles. The Kier molecular flexibility index (Phi) is 6.41. The van der Waals surface area contributed by atoms with Gasteiger partial charge in [-0.15, -0.1) is 0 Å². The van der Waals surface area contributed by atoms with E-state index in [9.17, 15) is 13.2 Å². The lowest BCUT2D eigenvalue weighted by atomic mass is 10.1. The summed E-state index contributed by atoms with van der Waals surface area (Å²) in [5.74, 6) is -0.0583. The lowest BCUT2D eigenvalue weighted by Crippen LogP contribution is -2.48. The van der Waals surface area contributed by atoms with Crippen LogP contribution in [0.15, 0.2) is 59.5 Å². The maximum atomic E-state index is 12.8. The number of hydrogen-bond donors (Lipinski definition) is 1. The lowest BCUT2D eigenvalue weighted by Gasteiger charge is -2.34. The van der Waals surface area contributed by atoms with Gasteiger partial charge in [-0.05, 0) is 50.6 Å². The van der Waals surface area contributed by atoms with Crippen molar-refractivity contribution in [3.63, 3.8) is 0 Å². The summed E-state index contributed by atoms with van der Waals surface area (Å²) in [6, 6.07) is 16.5. The molecule has 1 N–H and O–H groups in total. The van der Waals surface area contributed by atoms with E-state index in [4.69, 9.17) is 0 Å². The minimum Gasteiger partial charge on any atom is -0.336 e. The monoisotopic (exact) mass is 415 g/mol. The summed E-state index contributed by atoms with van der Waals surface area (Å²) >= 11 is 0. The number of hydrogen-bond acceptors (Lipinski definition) is 4. The maximum Gasteiger partial charge on any atom is 0.253 e. The van der Waals surface area contributed by atoms with Gasteiger partial charge < -0.3 is 4.90 Å². The van der Waals surface area contributed by atoms with Gasteiger partial charge in [0.1, 0.15) is 0 Å². The SMILES string of the molecule is CC(C)(C)NS(=O)(=O)c1ccc(C(=O)N2CCN(Cc3ccccc3)CC2)cc1. The normalized spacial score (nSPS) is 16.0. The number of carbonyl (C=O) groups is 1. The number of carbonyl (C=O) groups excluding carboxylic acids is 1. The molecule has 3 rings (SSSR count). The van der Waals surface area contributed by atoms with Crippen molar-refractivity contribution in [3.05, 3.63) is 65.7 Å². The van der Waals surface area contributed by atoms with Crippen molar-refractivity contribution in [1.82, 2.24) is 14.5 Å². The molecule has 1 aliphatic heterocycles. The topological polar surface area (TPSA) is 69.7 Å². The number of nitrogens with one attached hydrogen (secondary N) is 1. The molecule has 1 saturated heterocycles. The Balaban J connectivity index is 1.59. The summed E-state index contributed by atoms with van der Waals surface area (Å²) in [4.78, 5) is 17.1. The first-order chi connectivity index (χ1) is 13.6. The average molecular weight is 416 g/mol. The summed E-state index contributed by atoms with van der Waals surface area (Å²) in [6.07, 6.45) is 0. The summed E-state index contributed by atoms with van der Waals surface area (Å²) in [5, 5.41) is 0. The quantitative estimate of drug-likeness (QED) is 0.815. The molecule has 29 heavy (non-hydrogen) atoms. The Morgan fingerprint density at radius 2 is 1.52 bits per heavy atom. The number of benzene rings is 2. The van der Waals surface area contributed by atoms with E-state index in [1.54, 1.807) is 32.9 Å². The van der Waals surface area contributed by atoms with Crippen LogP contribution in [0.3, 0.4) is 0 Å². The minimum atomic E-state index is -3.60. The molecule has 0 aliphatic carbocycles. The van der Waals surface area contributed by atoms with Crippen LogP contribution in [0.4, 0.5) is 0 Å². The van der Waals surface area contributed by atoms with Gasteiger partial charge >= 0.3 is 0 Å². The Hall–Kier alpha value is -2.22. The van der Waals surface area contributed by atoms with Crippen molar-refractivity contribution in [3.8, 4) is 0 Å². The van der Waals surface area contributed by atoms with Gasteiger partial charge in [0, 0.05) is 43.8 Å². The Bertz CT molecular complexity index is 928. The van der Waals surface area contributed by atoms with Crippen LogP contribution < -0.4 is 4.72 Å². The number of nitrogens with zero attached hydrogens (tertiary/aromatic N) is 2. The van der Waals surface area contributed by atoms with Crippen LogP contribution in [0, 0.1) is 0 Å². The second-order valence-electron chi connectivity index (χ2n) is 8.43. The maximum absolute atomic E-state index is 12.8. The number of amides is 1. The first kappa shape index (κ1) is 21.5. The molecule has 1 amide bonds. The molecule has 0 saturated carbocycles. The summed E-state index contributed by atoms with van der Waals surface area (Å²) in [6.45, 7) is 9.23. The smallest absolute Gasteiger partial charge is 0.253 e. The molecule has 7 heteroatoms. The number of rotatable bonds is 5. The van der Waals surface area contributed by atoms with E-state index >= 15 is 0 Å². The summed E-state index contributed by atoms with van der Waals surface area (Å²) in [7, 11) is -3.60. The van der Waals surface area contributed by atoms with Crippen LogP contribution in [0.25, 0.3) is 0 Å². The van der Waals surface area contributed by atoms with E-state index in [0.29, 0.717) is 18.7 Å². The molecular formula is C22H29N3O3S. The fourth-order valence-corrected chi connectivity index (χ4v) is 4.79. The molecule has 6 nitrogen and oxygen atoms in total. The highest BCUT2D eigenvalue weighted by molar-refractivity contribution is 7.89. The van der Waals surface area contributed by atoms with Crippen LogP contribution >= 0.6 is 0 Å². The average Bonchev–Trinajstić information content (AvgIpc) is 2.67. The van der Waals surface area contributed by atoms with Gasteiger partial charge in [0.05, 0.1) is 4.90 Å². The van der Waals surface area contributed by atoms with E-state index in [2.05, 4.69) is 21.8 Å². The van der Waals surface area contributed by atoms with Crippen LogP contribution in [0.5, 0.6) is 0 Å². The van der Waals surface area contributed by atoms with Crippen molar-refractivity contribution in [1.29, 1.82) is 0 Å². The van der Waals surface area contributed by atoms with Gasteiger partial charge in [-0.2, -0.15) is 0 Å². The second-order valence-corrected chi connectivity index (χ2v) is 10.1. The Morgan fingerprint density at radius 1 is 0.931 bits per heavy atom. The van der Waals surface area contributed by atoms with E-state index in [1.807, 2.05) is 23.1 Å². The van der Waals surface area contributed by atoms with Crippen LogP contribution in [0.1, 0.15) is 36.7 Å². The molecule has 2 aromatic rings. The molecule has 0 atom stereocenters. The number of piperazine rings is 1. The highest BCUT2D eigenvalue weighted by Crippen LogP contribution is 2.16. The van der Waals surface area contributed by atoms with E-state index < -0.39 is 15.6 Å². The number of sulfonamides is 1. The predicted octanol–water partition coefficient (Wildman–Crippen LogP) is 2.72. The minimum absolute atomic E-state index is 0.0583. The van der Waals surface area contributed by atoms with E-state index in [0.717, 1.165) is 19.6 Å². The third kappa shape index (κ3) is 5.88. The third-order valence-corrected chi connectivity index (χ3v) is 6.53. The fraction of sp³-hybridized carbons (Fsp3) is 0.409. The molecule has 0 unspecified atom stereocenters. The summed E-state index contributed by atoms with van der Waals surface area (Å²) < 4.78 is 27.4. The van der Waals surface area contributed by atoms with Gasteiger partial charge in [0.15, 0.2) is 0 Å². The zero-order valence-corrected chi connectivity index (χ0v) is 18.1. The zero-order chi connectivity index (χ0) is 21.1. The van der Waals surface area contributed by atoms with Crippen LogP contribution in [-0.2, 0) is 16.6 Å². The first-order valence-corrected chi connectivity index (χ1v) is 11.3. The van der Waals surface area contributed by atoms with Crippen LogP contribution in [-0.4, -0.2) is 55.8 Å². The molecule has 1 fully saturated rings. The van der Waals surface area contributed by atoms with Crippen molar-refractivity contribution in [2.75, 3.05) is 26.2 Å². The molecule has 2 aromatic carbocycles. The van der Waals surface area contributed by atoms with Gasteiger partial charge in [-0.1, -0.05) is 30.3 Å². The van der Waals surface area contributed by atoms with Crippen molar-refractivity contribution in [2.24, 2.45) is 0 Å². The molecule has 0 bridgehead atoms. The van der Waals surface area contributed by atoms with Gasteiger partial charge in [0.2, 0.25) is 10.0 Å². The fourth-order valence-electron chi connectivity index (χ4n) is 3.37. The molecule has 156 valence electrons. The molecular weight excluding hydrogens is 386 g/mol. The van der Waals surface area contributed by atoms with Gasteiger partial charge in [-0.25, -0.2) is 13.1 Å². The Morgan fingerprint density at radius 3 is 2.07 bits per heavy atom. The second kappa shape index (κ2) is 8.65. The molecule has 0 spiro atoms. The standard InChI is InChI=1S/C22H29N3O3S/c1-22(2,3)23-29(27,28)20-11-9-19(10-12-20)21(26)25-15-13-24(14-16-25)17-18-7-5-4-6-8-18/h4-12,23H,13-17H2,1-3H3. The molecule has 1 aliphatic rings. The van der Waals surface area contributed by atoms with Crippen molar-refractivity contribution < 1.29 is 13.2 Å². The third-order valence-electron chi connectivity index (χ3n) is 4.76. The van der Waals surface area contributed by atoms with E-state index in [1.165, 1.54) is 17.7 Å². The van der Waals surface area contributed by atoms with Crippen molar-refractivity contribution >= 4 is 15.9 Å². The van der Waals surface area contributed by atoms with Crippen molar-refractivity contribution in [2.45, 2.75) is 37.8 Å². The Labute approximate surface area is 173 Å².